The second-order valence-corrected chi connectivity index (χ2v) is 6.87. The van der Waals surface area contributed by atoms with Crippen LogP contribution in [0.4, 0.5) is 0 Å². The van der Waals surface area contributed by atoms with Gasteiger partial charge in [-0.2, -0.15) is 0 Å². The van der Waals surface area contributed by atoms with E-state index in [-0.39, 0.29) is 28.7 Å². The minimum atomic E-state index is -0.832. The maximum absolute atomic E-state index is 12.2. The van der Waals surface area contributed by atoms with Crippen molar-refractivity contribution >= 4 is 11.9 Å². The summed E-state index contributed by atoms with van der Waals surface area (Å²) in [6, 6.07) is 0.160. The SMILES string of the molecule is CC1(C)C(NC(=O)[C@@H]2CCC[C@@H]2C(=O)O)C1(C)C. The number of carbonyl (C=O) groups is 2. The Bertz CT molecular complexity index is 373. The van der Waals surface area contributed by atoms with E-state index >= 15 is 0 Å². The predicted molar refractivity (Wildman–Crippen MR) is 68.0 cm³/mol. The highest BCUT2D eigenvalue weighted by Gasteiger charge is 2.65. The second kappa shape index (κ2) is 3.97. The fourth-order valence-electron chi connectivity index (χ4n) is 3.38. The normalized spacial score (nSPS) is 33.1. The van der Waals surface area contributed by atoms with Crippen molar-refractivity contribution in [2.24, 2.45) is 22.7 Å². The van der Waals surface area contributed by atoms with Crippen molar-refractivity contribution in [3.63, 3.8) is 0 Å². The van der Waals surface area contributed by atoms with Gasteiger partial charge in [0.1, 0.15) is 0 Å². The van der Waals surface area contributed by atoms with Crippen LogP contribution < -0.4 is 5.32 Å². The molecule has 18 heavy (non-hydrogen) atoms. The summed E-state index contributed by atoms with van der Waals surface area (Å²) in [7, 11) is 0. The van der Waals surface area contributed by atoms with Crippen LogP contribution in [0.3, 0.4) is 0 Å². The van der Waals surface area contributed by atoms with E-state index in [0.717, 1.165) is 6.42 Å². The molecule has 2 fully saturated rings. The van der Waals surface area contributed by atoms with Crippen molar-refractivity contribution in [1.29, 1.82) is 0 Å². The lowest BCUT2D eigenvalue weighted by atomic mass is 9.95. The Balaban J connectivity index is 2.00. The summed E-state index contributed by atoms with van der Waals surface area (Å²) < 4.78 is 0. The first-order valence-electron chi connectivity index (χ1n) is 6.73. The number of hydrogen-bond donors (Lipinski definition) is 2. The number of carboxylic acid groups (broad SMARTS) is 1. The molecule has 0 saturated heterocycles. The molecule has 0 spiro atoms. The highest BCUT2D eigenvalue weighted by Crippen LogP contribution is 2.62. The van der Waals surface area contributed by atoms with E-state index in [2.05, 4.69) is 33.0 Å². The average molecular weight is 253 g/mol. The molecule has 0 aliphatic heterocycles. The molecule has 0 heterocycles. The third kappa shape index (κ3) is 1.82. The van der Waals surface area contributed by atoms with Gasteiger partial charge in [-0.25, -0.2) is 0 Å². The Morgan fingerprint density at radius 3 is 2.00 bits per heavy atom. The van der Waals surface area contributed by atoms with Crippen molar-refractivity contribution in [1.82, 2.24) is 5.32 Å². The molecule has 2 saturated carbocycles. The Kier molecular flexibility index (Phi) is 2.95. The molecule has 102 valence electrons. The zero-order valence-electron chi connectivity index (χ0n) is 11.6. The number of nitrogens with one attached hydrogen (secondary N) is 1. The summed E-state index contributed by atoms with van der Waals surface area (Å²) in [6.07, 6.45) is 2.17. The molecule has 2 N–H and O–H groups in total. The van der Waals surface area contributed by atoms with Gasteiger partial charge in [0.2, 0.25) is 5.91 Å². The fraction of sp³-hybridized carbons (Fsp3) is 0.857. The first-order chi connectivity index (χ1) is 8.19. The van der Waals surface area contributed by atoms with E-state index < -0.39 is 11.9 Å². The molecule has 0 radical (unpaired) electrons. The molecule has 2 aliphatic carbocycles. The van der Waals surface area contributed by atoms with Gasteiger partial charge in [-0.1, -0.05) is 34.1 Å². The van der Waals surface area contributed by atoms with Crippen LogP contribution in [-0.2, 0) is 9.59 Å². The van der Waals surface area contributed by atoms with Gasteiger partial charge in [0, 0.05) is 6.04 Å². The van der Waals surface area contributed by atoms with E-state index in [4.69, 9.17) is 5.11 Å². The van der Waals surface area contributed by atoms with Crippen molar-refractivity contribution in [2.75, 3.05) is 0 Å². The Morgan fingerprint density at radius 1 is 1.06 bits per heavy atom. The average Bonchev–Trinajstić information content (AvgIpc) is 2.68. The van der Waals surface area contributed by atoms with Gasteiger partial charge in [0.05, 0.1) is 11.8 Å². The van der Waals surface area contributed by atoms with Crippen LogP contribution >= 0.6 is 0 Å². The summed E-state index contributed by atoms with van der Waals surface area (Å²) in [6.45, 7) is 8.56. The van der Waals surface area contributed by atoms with Gasteiger partial charge >= 0.3 is 5.97 Å². The van der Waals surface area contributed by atoms with E-state index in [9.17, 15) is 9.59 Å². The molecule has 2 aliphatic rings. The van der Waals surface area contributed by atoms with Gasteiger partial charge in [-0.3, -0.25) is 9.59 Å². The summed E-state index contributed by atoms with van der Waals surface area (Å²) >= 11 is 0. The van der Waals surface area contributed by atoms with E-state index in [0.29, 0.717) is 12.8 Å². The van der Waals surface area contributed by atoms with Crippen LogP contribution in [0.25, 0.3) is 0 Å². The maximum atomic E-state index is 12.2. The molecular weight excluding hydrogens is 230 g/mol. The first kappa shape index (κ1) is 13.4. The van der Waals surface area contributed by atoms with Crippen molar-refractivity contribution < 1.29 is 14.7 Å². The van der Waals surface area contributed by atoms with Gasteiger partial charge < -0.3 is 10.4 Å². The minimum Gasteiger partial charge on any atom is -0.481 e. The van der Waals surface area contributed by atoms with Crippen LogP contribution in [0.5, 0.6) is 0 Å². The molecule has 2 rings (SSSR count). The third-order valence-electron chi connectivity index (χ3n) is 5.48. The number of carboxylic acids is 1. The lowest BCUT2D eigenvalue weighted by Crippen LogP contribution is -2.38. The minimum absolute atomic E-state index is 0.0662. The van der Waals surface area contributed by atoms with Gasteiger partial charge in [0.15, 0.2) is 0 Å². The second-order valence-electron chi connectivity index (χ2n) is 6.87. The molecular formula is C14H23NO3. The quantitative estimate of drug-likeness (QED) is 0.809. The lowest BCUT2D eigenvalue weighted by Gasteiger charge is -2.16. The standard InChI is InChI=1S/C14H23NO3/c1-13(2)12(14(13,3)4)15-10(16)8-6-5-7-9(8)11(17)18/h8-9,12H,5-7H2,1-4H3,(H,15,16)(H,17,18)/t8-,9+/m1/s1. The lowest BCUT2D eigenvalue weighted by molar-refractivity contribution is -0.146. The molecule has 0 aromatic heterocycles. The number of carbonyl (C=O) groups excluding carboxylic acids is 1. The molecule has 0 bridgehead atoms. The Morgan fingerprint density at radius 2 is 1.56 bits per heavy atom. The number of amides is 1. The summed E-state index contributed by atoms with van der Waals surface area (Å²) in [4.78, 5) is 23.3. The van der Waals surface area contributed by atoms with Crippen molar-refractivity contribution in [3.05, 3.63) is 0 Å². The first-order valence-corrected chi connectivity index (χ1v) is 6.73. The van der Waals surface area contributed by atoms with Crippen molar-refractivity contribution in [2.45, 2.75) is 53.0 Å². The van der Waals surface area contributed by atoms with Crippen molar-refractivity contribution in [3.8, 4) is 0 Å². The highest BCUT2D eigenvalue weighted by molar-refractivity contribution is 5.85. The molecule has 0 unspecified atom stereocenters. The van der Waals surface area contributed by atoms with E-state index in [1.165, 1.54) is 0 Å². The van der Waals surface area contributed by atoms with Crippen LogP contribution in [0, 0.1) is 22.7 Å². The fourth-order valence-corrected chi connectivity index (χ4v) is 3.38. The van der Waals surface area contributed by atoms with Crippen LogP contribution in [0.2, 0.25) is 0 Å². The zero-order valence-corrected chi connectivity index (χ0v) is 11.6. The molecule has 2 atom stereocenters. The largest absolute Gasteiger partial charge is 0.481 e. The molecule has 4 nitrogen and oxygen atoms in total. The Labute approximate surface area is 108 Å². The van der Waals surface area contributed by atoms with Crippen LogP contribution in [0.15, 0.2) is 0 Å². The summed E-state index contributed by atoms with van der Waals surface area (Å²) in [5.74, 6) is -1.73. The monoisotopic (exact) mass is 253 g/mol. The summed E-state index contributed by atoms with van der Waals surface area (Å²) in [5, 5.41) is 12.2. The van der Waals surface area contributed by atoms with Crippen LogP contribution in [0.1, 0.15) is 47.0 Å². The maximum Gasteiger partial charge on any atom is 0.307 e. The zero-order chi connectivity index (χ0) is 13.7. The van der Waals surface area contributed by atoms with E-state index in [1.54, 1.807) is 0 Å². The van der Waals surface area contributed by atoms with Gasteiger partial charge in [-0.05, 0) is 23.7 Å². The number of aliphatic carboxylic acids is 1. The summed E-state index contributed by atoms with van der Waals surface area (Å²) in [5.41, 5.74) is 0.194. The molecule has 4 heteroatoms. The van der Waals surface area contributed by atoms with Gasteiger partial charge in [-0.15, -0.1) is 0 Å². The number of rotatable bonds is 3. The predicted octanol–water partition coefficient (Wildman–Crippen LogP) is 2.04. The third-order valence-corrected chi connectivity index (χ3v) is 5.48. The molecule has 1 amide bonds. The number of hydrogen-bond acceptors (Lipinski definition) is 2. The smallest absolute Gasteiger partial charge is 0.307 e. The molecule has 0 aromatic carbocycles. The topological polar surface area (TPSA) is 66.4 Å². The van der Waals surface area contributed by atoms with Crippen LogP contribution in [-0.4, -0.2) is 23.0 Å². The Hall–Kier alpha value is -1.06. The highest BCUT2D eigenvalue weighted by atomic mass is 16.4. The van der Waals surface area contributed by atoms with E-state index in [1.807, 2.05) is 0 Å². The van der Waals surface area contributed by atoms with Gasteiger partial charge in [0.25, 0.3) is 0 Å². The molecule has 0 aromatic rings.